The van der Waals surface area contributed by atoms with E-state index < -0.39 is 23.7 Å². The van der Waals surface area contributed by atoms with Crippen LogP contribution < -0.4 is 16.6 Å². The van der Waals surface area contributed by atoms with Crippen molar-refractivity contribution in [3.8, 4) is 0 Å². The Balaban J connectivity index is 1.81. The second-order valence-corrected chi connectivity index (χ2v) is 6.65. The summed E-state index contributed by atoms with van der Waals surface area (Å²) in [6.07, 6.45) is 1.42. The fourth-order valence-electron chi connectivity index (χ4n) is 2.53. The fourth-order valence-corrected chi connectivity index (χ4v) is 2.98. The average molecular weight is 404 g/mol. The highest BCUT2D eigenvalue weighted by atomic mass is 35.5. The van der Waals surface area contributed by atoms with Gasteiger partial charge in [0.1, 0.15) is 6.54 Å². The molecule has 1 heterocycles. The first-order valence-corrected chi connectivity index (χ1v) is 8.79. The van der Waals surface area contributed by atoms with E-state index in [9.17, 15) is 14.4 Å². The standard InChI is InChI=1S/C19H15Cl2N3O3/c20-14-6-7-16(15(21)10-14)22-17(25)12-24-18(26)8-9-23(19(24)27)11-13-4-2-1-3-5-13/h1-10H,11-12H2,(H,22,25). The monoisotopic (exact) mass is 403 g/mol. The van der Waals surface area contributed by atoms with Crippen LogP contribution in [-0.4, -0.2) is 15.0 Å². The van der Waals surface area contributed by atoms with Gasteiger partial charge in [-0.15, -0.1) is 0 Å². The number of benzene rings is 2. The Labute approximate surface area is 164 Å². The van der Waals surface area contributed by atoms with E-state index in [-0.39, 0.29) is 5.02 Å². The predicted octanol–water partition coefficient (Wildman–Crippen LogP) is 3.00. The zero-order valence-electron chi connectivity index (χ0n) is 14.1. The van der Waals surface area contributed by atoms with Gasteiger partial charge in [0.05, 0.1) is 17.3 Å². The second kappa shape index (κ2) is 8.24. The molecule has 0 saturated heterocycles. The number of nitrogens with one attached hydrogen (secondary N) is 1. The number of aromatic nitrogens is 2. The molecule has 0 unspecified atom stereocenters. The fraction of sp³-hybridized carbons (Fsp3) is 0.105. The lowest BCUT2D eigenvalue weighted by molar-refractivity contribution is -0.116. The van der Waals surface area contributed by atoms with Crippen molar-refractivity contribution in [1.29, 1.82) is 0 Å². The molecular formula is C19H15Cl2N3O3. The van der Waals surface area contributed by atoms with Crippen LogP contribution in [0.15, 0.2) is 70.4 Å². The molecule has 2 aromatic carbocycles. The maximum absolute atomic E-state index is 12.6. The minimum atomic E-state index is -0.566. The Morgan fingerprint density at radius 2 is 1.74 bits per heavy atom. The van der Waals surface area contributed by atoms with Crippen molar-refractivity contribution >= 4 is 34.8 Å². The smallest absolute Gasteiger partial charge is 0.323 e. The van der Waals surface area contributed by atoms with Crippen LogP contribution in [0.5, 0.6) is 0 Å². The van der Waals surface area contributed by atoms with Gasteiger partial charge in [-0.3, -0.25) is 18.7 Å². The third kappa shape index (κ3) is 4.67. The molecule has 1 amide bonds. The van der Waals surface area contributed by atoms with E-state index in [2.05, 4.69) is 5.32 Å². The lowest BCUT2D eigenvalue weighted by atomic mass is 10.2. The van der Waals surface area contributed by atoms with Gasteiger partial charge < -0.3 is 5.32 Å². The topological polar surface area (TPSA) is 73.1 Å². The number of nitrogens with zero attached hydrogens (tertiary/aromatic N) is 2. The summed E-state index contributed by atoms with van der Waals surface area (Å²) in [7, 11) is 0. The summed E-state index contributed by atoms with van der Waals surface area (Å²) in [5.74, 6) is -0.545. The molecule has 0 radical (unpaired) electrons. The summed E-state index contributed by atoms with van der Waals surface area (Å²) in [4.78, 5) is 36.9. The number of hydrogen-bond acceptors (Lipinski definition) is 3. The summed E-state index contributed by atoms with van der Waals surface area (Å²) in [6, 6.07) is 15.2. The van der Waals surface area contributed by atoms with Crippen molar-refractivity contribution in [3.05, 3.63) is 97.2 Å². The van der Waals surface area contributed by atoms with Crippen LogP contribution >= 0.6 is 23.2 Å². The molecule has 0 fully saturated rings. The van der Waals surface area contributed by atoms with E-state index in [1.807, 2.05) is 30.3 Å². The van der Waals surface area contributed by atoms with E-state index in [0.29, 0.717) is 17.3 Å². The molecule has 3 rings (SSSR count). The van der Waals surface area contributed by atoms with Crippen molar-refractivity contribution in [3.63, 3.8) is 0 Å². The second-order valence-electron chi connectivity index (χ2n) is 5.81. The zero-order chi connectivity index (χ0) is 19.4. The Kier molecular flexibility index (Phi) is 5.78. The maximum Gasteiger partial charge on any atom is 0.331 e. The van der Waals surface area contributed by atoms with Gasteiger partial charge in [-0.05, 0) is 23.8 Å². The van der Waals surface area contributed by atoms with Crippen molar-refractivity contribution < 1.29 is 4.79 Å². The number of amides is 1. The number of rotatable bonds is 5. The normalized spacial score (nSPS) is 10.6. The quantitative estimate of drug-likeness (QED) is 0.711. The third-order valence-corrected chi connectivity index (χ3v) is 4.39. The SMILES string of the molecule is O=C(Cn1c(=O)ccn(Cc2ccccc2)c1=O)Nc1ccc(Cl)cc1Cl. The Morgan fingerprint density at radius 3 is 2.44 bits per heavy atom. The molecule has 1 N–H and O–H groups in total. The molecule has 8 heteroatoms. The van der Waals surface area contributed by atoms with Crippen LogP contribution in [-0.2, 0) is 17.9 Å². The molecule has 1 aromatic heterocycles. The number of carbonyl (C=O) groups excluding carboxylic acids is 1. The van der Waals surface area contributed by atoms with Crippen molar-refractivity contribution in [1.82, 2.24) is 9.13 Å². The predicted molar refractivity (Wildman–Crippen MR) is 106 cm³/mol. The number of halogens is 2. The van der Waals surface area contributed by atoms with Crippen molar-refractivity contribution in [2.75, 3.05) is 5.32 Å². The number of anilines is 1. The van der Waals surface area contributed by atoms with Gasteiger partial charge in [-0.25, -0.2) is 4.79 Å². The van der Waals surface area contributed by atoms with E-state index in [4.69, 9.17) is 23.2 Å². The summed E-state index contributed by atoms with van der Waals surface area (Å²) in [5.41, 5.74) is 0.132. The molecule has 138 valence electrons. The van der Waals surface area contributed by atoms with Crippen LogP contribution in [0, 0.1) is 0 Å². The summed E-state index contributed by atoms with van der Waals surface area (Å²) in [5, 5.41) is 3.27. The molecule has 0 saturated carbocycles. The lowest BCUT2D eigenvalue weighted by Crippen LogP contribution is -2.41. The molecule has 6 nitrogen and oxygen atoms in total. The number of carbonyl (C=O) groups is 1. The highest BCUT2D eigenvalue weighted by Gasteiger charge is 2.12. The molecular weight excluding hydrogens is 389 g/mol. The molecule has 3 aromatic rings. The van der Waals surface area contributed by atoms with E-state index in [1.165, 1.54) is 22.9 Å². The largest absolute Gasteiger partial charge is 0.331 e. The zero-order valence-corrected chi connectivity index (χ0v) is 15.6. The van der Waals surface area contributed by atoms with Gasteiger partial charge in [0.15, 0.2) is 0 Å². The van der Waals surface area contributed by atoms with Gasteiger partial charge in [0.25, 0.3) is 5.56 Å². The van der Waals surface area contributed by atoms with Crippen LogP contribution in [0.3, 0.4) is 0 Å². The van der Waals surface area contributed by atoms with Crippen LogP contribution in [0.1, 0.15) is 5.56 Å². The van der Waals surface area contributed by atoms with Crippen LogP contribution in [0.25, 0.3) is 0 Å². The molecule has 27 heavy (non-hydrogen) atoms. The molecule has 0 spiro atoms. The van der Waals surface area contributed by atoms with Gasteiger partial charge in [-0.2, -0.15) is 0 Å². The minimum absolute atomic E-state index is 0.262. The molecule has 0 aliphatic rings. The molecule has 0 aliphatic carbocycles. The Bertz CT molecular complexity index is 1090. The number of hydrogen-bond donors (Lipinski definition) is 1. The van der Waals surface area contributed by atoms with Gasteiger partial charge in [0, 0.05) is 17.3 Å². The maximum atomic E-state index is 12.6. The first-order chi connectivity index (χ1) is 12.9. The highest BCUT2D eigenvalue weighted by molar-refractivity contribution is 6.36. The molecule has 0 aliphatic heterocycles. The first kappa shape index (κ1) is 18.9. The molecule has 0 atom stereocenters. The van der Waals surface area contributed by atoms with Crippen LogP contribution in [0.2, 0.25) is 10.0 Å². The average Bonchev–Trinajstić information content (AvgIpc) is 2.64. The summed E-state index contributed by atoms with van der Waals surface area (Å²) in [6.45, 7) is -0.128. The van der Waals surface area contributed by atoms with Gasteiger partial charge in [-0.1, -0.05) is 53.5 Å². The third-order valence-electron chi connectivity index (χ3n) is 3.84. The highest BCUT2D eigenvalue weighted by Crippen LogP contribution is 2.25. The summed E-state index contributed by atoms with van der Waals surface area (Å²) >= 11 is 11.8. The van der Waals surface area contributed by atoms with E-state index in [0.717, 1.165) is 10.1 Å². The van der Waals surface area contributed by atoms with E-state index in [1.54, 1.807) is 12.1 Å². The minimum Gasteiger partial charge on any atom is -0.323 e. The van der Waals surface area contributed by atoms with Crippen LogP contribution in [0.4, 0.5) is 5.69 Å². The lowest BCUT2D eigenvalue weighted by Gasteiger charge is -2.11. The molecule has 0 bridgehead atoms. The van der Waals surface area contributed by atoms with Gasteiger partial charge in [0.2, 0.25) is 5.91 Å². The van der Waals surface area contributed by atoms with Crippen molar-refractivity contribution in [2.45, 2.75) is 13.1 Å². The van der Waals surface area contributed by atoms with Crippen molar-refractivity contribution in [2.24, 2.45) is 0 Å². The first-order valence-electron chi connectivity index (χ1n) is 8.03. The Hall–Kier alpha value is -2.83. The van der Waals surface area contributed by atoms with E-state index >= 15 is 0 Å². The Morgan fingerprint density at radius 1 is 1.00 bits per heavy atom. The van der Waals surface area contributed by atoms with Gasteiger partial charge >= 0.3 is 5.69 Å². The summed E-state index contributed by atoms with van der Waals surface area (Å²) < 4.78 is 2.25.